The first-order chi connectivity index (χ1) is 13.6. The smallest absolute Gasteiger partial charge is 0.316 e. The summed E-state index contributed by atoms with van der Waals surface area (Å²) in [6.45, 7) is 0.341. The Bertz CT molecular complexity index is 955. The number of aromatic nitrogens is 2. The third kappa shape index (κ3) is 4.70. The van der Waals surface area contributed by atoms with E-state index in [-0.39, 0.29) is 30.7 Å². The van der Waals surface area contributed by atoms with Crippen molar-refractivity contribution in [2.75, 3.05) is 20.2 Å². The van der Waals surface area contributed by atoms with Crippen LogP contribution >= 0.6 is 0 Å². The molecule has 28 heavy (non-hydrogen) atoms. The van der Waals surface area contributed by atoms with E-state index in [9.17, 15) is 14.0 Å². The summed E-state index contributed by atoms with van der Waals surface area (Å²) in [5.41, 5.74) is 1.00. The summed E-state index contributed by atoms with van der Waals surface area (Å²) in [7, 11) is 1.56. The average molecular weight is 384 g/mol. The molecule has 9 heteroatoms. The molecular weight excluding hydrogens is 367 g/mol. The van der Waals surface area contributed by atoms with Crippen molar-refractivity contribution in [2.45, 2.75) is 0 Å². The van der Waals surface area contributed by atoms with E-state index in [1.807, 2.05) is 0 Å². The van der Waals surface area contributed by atoms with Crippen molar-refractivity contribution in [3.8, 4) is 17.1 Å². The highest BCUT2D eigenvalue weighted by Gasteiger charge is 2.16. The normalized spacial score (nSPS) is 10.4. The van der Waals surface area contributed by atoms with Gasteiger partial charge in [-0.1, -0.05) is 5.16 Å². The zero-order valence-corrected chi connectivity index (χ0v) is 14.9. The number of carbonyl (C=O) groups is 2. The van der Waals surface area contributed by atoms with Gasteiger partial charge in [0, 0.05) is 24.2 Å². The average Bonchev–Trinajstić information content (AvgIpc) is 3.22. The Kier molecular flexibility index (Phi) is 5.95. The lowest BCUT2D eigenvalue weighted by Gasteiger charge is -2.05. The number of halogens is 1. The summed E-state index contributed by atoms with van der Waals surface area (Å²) in [4.78, 5) is 28.0. The lowest BCUT2D eigenvalue weighted by atomic mass is 10.2. The fourth-order valence-electron chi connectivity index (χ4n) is 2.30. The molecule has 0 saturated heterocycles. The molecule has 0 aliphatic heterocycles. The molecule has 2 amide bonds. The number of amides is 2. The first-order valence-electron chi connectivity index (χ1n) is 8.37. The monoisotopic (exact) mass is 384 g/mol. The maximum absolute atomic E-state index is 12.8. The van der Waals surface area contributed by atoms with Gasteiger partial charge in [-0.3, -0.25) is 9.59 Å². The van der Waals surface area contributed by atoms with Gasteiger partial charge in [-0.15, -0.1) is 0 Å². The number of methoxy groups -OCH3 is 1. The van der Waals surface area contributed by atoms with E-state index in [4.69, 9.17) is 9.26 Å². The van der Waals surface area contributed by atoms with Gasteiger partial charge in [0.1, 0.15) is 11.6 Å². The number of ether oxygens (including phenoxy) is 1. The van der Waals surface area contributed by atoms with Crippen LogP contribution in [0.2, 0.25) is 0 Å². The summed E-state index contributed by atoms with van der Waals surface area (Å²) in [6.07, 6.45) is 0. The van der Waals surface area contributed by atoms with E-state index in [0.717, 1.165) is 0 Å². The van der Waals surface area contributed by atoms with Gasteiger partial charge in [-0.2, -0.15) is 4.98 Å². The molecule has 8 nitrogen and oxygen atoms in total. The van der Waals surface area contributed by atoms with E-state index in [1.165, 1.54) is 24.3 Å². The summed E-state index contributed by atoms with van der Waals surface area (Å²) >= 11 is 0. The molecule has 0 spiro atoms. The molecule has 0 aliphatic carbocycles. The van der Waals surface area contributed by atoms with E-state index < -0.39 is 11.7 Å². The molecular formula is C19H17FN4O4. The predicted molar refractivity (Wildman–Crippen MR) is 97.4 cm³/mol. The lowest BCUT2D eigenvalue weighted by molar-refractivity contribution is 0.0898. The molecule has 0 unspecified atom stereocenters. The standard InChI is InChI=1S/C19H17FN4O4/c1-27-15-8-4-12(5-9-15)16-23-19(28-24-16)18(26)22-11-10-21-17(25)13-2-6-14(20)7-3-13/h2-9H,10-11H2,1H3,(H,21,25)(H,22,26). The van der Waals surface area contributed by atoms with Gasteiger partial charge < -0.3 is 19.9 Å². The summed E-state index contributed by atoms with van der Waals surface area (Å²) in [5, 5.41) is 8.96. The van der Waals surface area contributed by atoms with Crippen LogP contribution < -0.4 is 15.4 Å². The molecule has 2 N–H and O–H groups in total. The number of nitrogens with one attached hydrogen (secondary N) is 2. The van der Waals surface area contributed by atoms with Gasteiger partial charge in [0.05, 0.1) is 7.11 Å². The van der Waals surface area contributed by atoms with Gasteiger partial charge in [0.2, 0.25) is 5.82 Å². The summed E-state index contributed by atoms with van der Waals surface area (Å²) in [5.74, 6) is -0.560. The minimum atomic E-state index is -0.553. The molecule has 2 aromatic carbocycles. The maximum atomic E-state index is 12.8. The van der Waals surface area contributed by atoms with Crippen LogP contribution in [0.25, 0.3) is 11.4 Å². The van der Waals surface area contributed by atoms with E-state index in [1.54, 1.807) is 31.4 Å². The Labute approximate surface area is 159 Å². The van der Waals surface area contributed by atoms with Gasteiger partial charge in [0.25, 0.3) is 5.91 Å². The molecule has 0 atom stereocenters. The second-order valence-electron chi connectivity index (χ2n) is 5.67. The Morgan fingerprint density at radius 2 is 1.64 bits per heavy atom. The zero-order valence-electron chi connectivity index (χ0n) is 14.9. The molecule has 144 valence electrons. The van der Waals surface area contributed by atoms with Crippen molar-refractivity contribution in [1.82, 2.24) is 20.8 Å². The quantitative estimate of drug-likeness (QED) is 0.604. The second kappa shape index (κ2) is 8.76. The Hall–Kier alpha value is -3.75. The number of rotatable bonds is 7. The minimum Gasteiger partial charge on any atom is -0.497 e. The van der Waals surface area contributed by atoms with Crippen LogP contribution in [-0.4, -0.2) is 42.2 Å². The number of carbonyl (C=O) groups excluding carboxylic acids is 2. The van der Waals surface area contributed by atoms with Crippen LogP contribution in [0.1, 0.15) is 21.0 Å². The molecule has 3 aromatic rings. The van der Waals surface area contributed by atoms with Crippen LogP contribution in [0.15, 0.2) is 53.1 Å². The molecule has 0 fully saturated rings. The predicted octanol–water partition coefficient (Wildman–Crippen LogP) is 2.04. The van der Waals surface area contributed by atoms with E-state index >= 15 is 0 Å². The van der Waals surface area contributed by atoms with Crippen LogP contribution in [0.3, 0.4) is 0 Å². The van der Waals surface area contributed by atoms with Gasteiger partial charge in [-0.25, -0.2) is 4.39 Å². The summed E-state index contributed by atoms with van der Waals surface area (Å²) in [6, 6.07) is 12.1. The first-order valence-corrected chi connectivity index (χ1v) is 8.37. The molecule has 0 aliphatic rings. The fraction of sp³-hybridized carbons (Fsp3) is 0.158. The molecule has 0 saturated carbocycles. The second-order valence-corrected chi connectivity index (χ2v) is 5.67. The molecule has 3 rings (SSSR count). The topological polar surface area (TPSA) is 106 Å². The van der Waals surface area contributed by atoms with Crippen molar-refractivity contribution in [1.29, 1.82) is 0 Å². The Morgan fingerprint density at radius 1 is 1.00 bits per heavy atom. The van der Waals surface area contributed by atoms with E-state index in [0.29, 0.717) is 16.9 Å². The van der Waals surface area contributed by atoms with E-state index in [2.05, 4.69) is 20.8 Å². The molecule has 0 bridgehead atoms. The van der Waals surface area contributed by atoms with Crippen LogP contribution in [0.5, 0.6) is 5.75 Å². The van der Waals surface area contributed by atoms with Crippen molar-refractivity contribution in [2.24, 2.45) is 0 Å². The first kappa shape index (κ1) is 19.0. The zero-order chi connectivity index (χ0) is 19.9. The van der Waals surface area contributed by atoms with Crippen molar-refractivity contribution < 1.29 is 23.2 Å². The minimum absolute atomic E-state index is 0.159. The van der Waals surface area contributed by atoms with Crippen LogP contribution in [-0.2, 0) is 0 Å². The molecule has 1 heterocycles. The Morgan fingerprint density at radius 3 is 2.29 bits per heavy atom. The van der Waals surface area contributed by atoms with Crippen molar-refractivity contribution in [3.63, 3.8) is 0 Å². The lowest BCUT2D eigenvalue weighted by Crippen LogP contribution is -2.34. The third-order valence-corrected chi connectivity index (χ3v) is 3.77. The van der Waals surface area contributed by atoms with Crippen molar-refractivity contribution >= 4 is 11.8 Å². The SMILES string of the molecule is COc1ccc(-c2noc(C(=O)NCCNC(=O)c3ccc(F)cc3)n2)cc1. The fourth-order valence-corrected chi connectivity index (χ4v) is 2.30. The number of benzene rings is 2. The number of hydrogen-bond donors (Lipinski definition) is 2. The van der Waals surface area contributed by atoms with Crippen molar-refractivity contribution in [3.05, 3.63) is 65.8 Å². The van der Waals surface area contributed by atoms with Gasteiger partial charge in [-0.05, 0) is 48.5 Å². The van der Waals surface area contributed by atoms with Gasteiger partial charge in [0.15, 0.2) is 0 Å². The van der Waals surface area contributed by atoms with Gasteiger partial charge >= 0.3 is 11.8 Å². The summed E-state index contributed by atoms with van der Waals surface area (Å²) < 4.78 is 22.9. The van der Waals surface area contributed by atoms with Crippen LogP contribution in [0, 0.1) is 5.82 Å². The third-order valence-electron chi connectivity index (χ3n) is 3.77. The number of hydrogen-bond acceptors (Lipinski definition) is 6. The van der Waals surface area contributed by atoms with Crippen LogP contribution in [0.4, 0.5) is 4.39 Å². The molecule has 0 radical (unpaired) electrons. The highest BCUT2D eigenvalue weighted by atomic mass is 19.1. The highest BCUT2D eigenvalue weighted by molar-refractivity contribution is 5.94. The number of nitrogens with zero attached hydrogens (tertiary/aromatic N) is 2. The Balaban J connectivity index is 1.48. The molecule has 1 aromatic heterocycles. The largest absolute Gasteiger partial charge is 0.497 e. The maximum Gasteiger partial charge on any atom is 0.316 e. The highest BCUT2D eigenvalue weighted by Crippen LogP contribution is 2.19.